The molecule has 0 radical (unpaired) electrons. The second kappa shape index (κ2) is 5.44. The van der Waals surface area contributed by atoms with Gasteiger partial charge in [-0.05, 0) is 43.2 Å². The minimum Gasteiger partial charge on any atom is -0.397 e. The monoisotopic (exact) mass is 232 g/mol. The molecule has 0 aromatic heterocycles. The predicted octanol–water partition coefficient (Wildman–Crippen LogP) is 3.82. The molecule has 2 nitrogen and oxygen atoms in total. The molecule has 3 N–H and O–H groups in total. The summed E-state index contributed by atoms with van der Waals surface area (Å²) < 4.78 is 0. The first-order valence-electron chi connectivity index (χ1n) is 6.75. The normalized spacial score (nSPS) is 24.6. The molecular weight excluding hydrogens is 208 g/mol. The van der Waals surface area contributed by atoms with Crippen LogP contribution in [-0.2, 0) is 0 Å². The first-order chi connectivity index (χ1) is 8.16. The van der Waals surface area contributed by atoms with Crippen LogP contribution in [0.15, 0.2) is 18.2 Å². The minimum atomic E-state index is 0.818. The molecule has 0 spiro atoms. The molecular formula is C15H24N2. The zero-order valence-electron chi connectivity index (χ0n) is 11.0. The van der Waals surface area contributed by atoms with Gasteiger partial charge in [-0.2, -0.15) is 0 Å². The van der Waals surface area contributed by atoms with Crippen LogP contribution in [0.3, 0.4) is 0 Å². The van der Waals surface area contributed by atoms with Crippen LogP contribution in [0.4, 0.5) is 11.4 Å². The third kappa shape index (κ3) is 3.15. The van der Waals surface area contributed by atoms with Crippen LogP contribution < -0.4 is 11.1 Å². The van der Waals surface area contributed by atoms with Gasteiger partial charge in [0.05, 0.1) is 11.4 Å². The van der Waals surface area contributed by atoms with Crippen molar-refractivity contribution in [2.24, 2.45) is 11.8 Å². The molecule has 1 aliphatic rings. The minimum absolute atomic E-state index is 0.818. The molecule has 1 aliphatic carbocycles. The lowest BCUT2D eigenvalue weighted by Crippen LogP contribution is -2.21. The zero-order valence-corrected chi connectivity index (χ0v) is 11.0. The quantitative estimate of drug-likeness (QED) is 0.778. The molecule has 0 aliphatic heterocycles. The first-order valence-corrected chi connectivity index (χ1v) is 6.75. The lowest BCUT2D eigenvalue weighted by Gasteiger charge is -2.27. The number of nitrogen functional groups attached to an aromatic ring is 1. The summed E-state index contributed by atoms with van der Waals surface area (Å²) in [7, 11) is 0. The smallest absolute Gasteiger partial charge is 0.0579 e. The molecule has 0 bridgehead atoms. The van der Waals surface area contributed by atoms with Crippen LogP contribution in [0, 0.1) is 18.8 Å². The Morgan fingerprint density at radius 1 is 1.35 bits per heavy atom. The summed E-state index contributed by atoms with van der Waals surface area (Å²) in [6, 6.07) is 6.20. The molecule has 2 unspecified atom stereocenters. The van der Waals surface area contributed by atoms with Crippen molar-refractivity contribution in [3.8, 4) is 0 Å². The molecule has 2 rings (SSSR count). The highest BCUT2D eigenvalue weighted by Gasteiger charge is 2.18. The second-order valence-electron chi connectivity index (χ2n) is 5.55. The summed E-state index contributed by atoms with van der Waals surface area (Å²) in [6.45, 7) is 5.49. The second-order valence-corrected chi connectivity index (χ2v) is 5.55. The summed E-state index contributed by atoms with van der Waals surface area (Å²) in [6.07, 6.45) is 5.52. The Hall–Kier alpha value is -1.18. The number of hydrogen-bond donors (Lipinski definition) is 2. The maximum absolute atomic E-state index is 6.06. The summed E-state index contributed by atoms with van der Waals surface area (Å²) in [5.41, 5.74) is 9.22. The van der Waals surface area contributed by atoms with Gasteiger partial charge in [0.2, 0.25) is 0 Å². The average Bonchev–Trinajstić information content (AvgIpc) is 2.31. The van der Waals surface area contributed by atoms with E-state index in [-0.39, 0.29) is 0 Å². The van der Waals surface area contributed by atoms with Crippen molar-refractivity contribution >= 4 is 11.4 Å². The molecule has 1 aromatic carbocycles. The molecule has 0 saturated heterocycles. The Kier molecular flexibility index (Phi) is 3.93. The fourth-order valence-corrected chi connectivity index (χ4v) is 2.83. The van der Waals surface area contributed by atoms with Crippen LogP contribution in [-0.4, -0.2) is 6.54 Å². The lowest BCUT2D eigenvalue weighted by molar-refractivity contribution is 0.293. The average molecular weight is 232 g/mol. The van der Waals surface area contributed by atoms with Gasteiger partial charge < -0.3 is 11.1 Å². The largest absolute Gasteiger partial charge is 0.397 e. The number of aryl methyl sites for hydroxylation is 1. The van der Waals surface area contributed by atoms with E-state index in [0.29, 0.717) is 0 Å². The standard InChI is InChI=1S/C15H24N2/c1-11-5-3-7-13(9-11)10-17-14-8-4-6-12(2)15(14)16/h4,6,8,11,13,17H,3,5,7,9-10,16H2,1-2H3. The van der Waals surface area contributed by atoms with Crippen molar-refractivity contribution < 1.29 is 0 Å². The van der Waals surface area contributed by atoms with Crippen LogP contribution >= 0.6 is 0 Å². The Morgan fingerprint density at radius 2 is 2.18 bits per heavy atom. The van der Waals surface area contributed by atoms with Crippen LogP contribution in [0.25, 0.3) is 0 Å². The number of nitrogens with one attached hydrogen (secondary N) is 1. The van der Waals surface area contributed by atoms with Crippen LogP contribution in [0.1, 0.15) is 38.2 Å². The van der Waals surface area contributed by atoms with E-state index >= 15 is 0 Å². The highest BCUT2D eigenvalue weighted by molar-refractivity contribution is 5.69. The van der Waals surface area contributed by atoms with E-state index in [1.165, 1.54) is 25.7 Å². The first kappa shape index (κ1) is 12.3. The van der Waals surface area contributed by atoms with Crippen molar-refractivity contribution in [2.45, 2.75) is 39.5 Å². The number of nitrogens with two attached hydrogens (primary N) is 1. The molecule has 1 saturated carbocycles. The number of para-hydroxylation sites is 1. The van der Waals surface area contributed by atoms with Crippen LogP contribution in [0.2, 0.25) is 0 Å². The third-order valence-electron chi connectivity index (χ3n) is 3.95. The topological polar surface area (TPSA) is 38.0 Å². The molecule has 2 atom stereocenters. The summed E-state index contributed by atoms with van der Waals surface area (Å²) in [5.74, 6) is 1.71. The molecule has 1 aromatic rings. The summed E-state index contributed by atoms with van der Waals surface area (Å²) >= 11 is 0. The lowest BCUT2D eigenvalue weighted by atomic mass is 9.82. The number of hydrogen-bond acceptors (Lipinski definition) is 2. The molecule has 94 valence electrons. The van der Waals surface area contributed by atoms with Gasteiger partial charge in [0.25, 0.3) is 0 Å². The third-order valence-corrected chi connectivity index (χ3v) is 3.95. The Bertz CT molecular complexity index is 373. The fraction of sp³-hybridized carbons (Fsp3) is 0.600. The van der Waals surface area contributed by atoms with Gasteiger partial charge in [-0.25, -0.2) is 0 Å². The van der Waals surface area contributed by atoms with Crippen molar-refractivity contribution in [1.29, 1.82) is 0 Å². The molecule has 0 heterocycles. The summed E-state index contributed by atoms with van der Waals surface area (Å²) in [5, 5.41) is 3.52. The van der Waals surface area contributed by atoms with Crippen molar-refractivity contribution in [2.75, 3.05) is 17.6 Å². The molecule has 17 heavy (non-hydrogen) atoms. The van der Waals surface area contributed by atoms with E-state index in [1.54, 1.807) is 0 Å². The Labute approximate surface area is 105 Å². The van der Waals surface area contributed by atoms with Crippen molar-refractivity contribution in [3.05, 3.63) is 23.8 Å². The molecule has 1 fully saturated rings. The van der Waals surface area contributed by atoms with Crippen molar-refractivity contribution in [1.82, 2.24) is 0 Å². The van der Waals surface area contributed by atoms with E-state index < -0.39 is 0 Å². The maximum atomic E-state index is 6.06. The maximum Gasteiger partial charge on any atom is 0.0579 e. The van der Waals surface area contributed by atoms with Gasteiger partial charge >= 0.3 is 0 Å². The van der Waals surface area contributed by atoms with Crippen LogP contribution in [0.5, 0.6) is 0 Å². The van der Waals surface area contributed by atoms with Gasteiger partial charge in [0.1, 0.15) is 0 Å². The van der Waals surface area contributed by atoms with E-state index in [0.717, 1.165) is 35.3 Å². The van der Waals surface area contributed by atoms with Crippen molar-refractivity contribution in [3.63, 3.8) is 0 Å². The number of rotatable bonds is 3. The Morgan fingerprint density at radius 3 is 2.94 bits per heavy atom. The van der Waals surface area contributed by atoms with Gasteiger partial charge in [-0.1, -0.05) is 31.9 Å². The predicted molar refractivity (Wildman–Crippen MR) is 75.2 cm³/mol. The Balaban J connectivity index is 1.91. The van der Waals surface area contributed by atoms with E-state index in [2.05, 4.69) is 37.4 Å². The van der Waals surface area contributed by atoms with E-state index in [1.807, 2.05) is 0 Å². The SMILES string of the molecule is Cc1cccc(NCC2CCCC(C)C2)c1N. The highest BCUT2D eigenvalue weighted by Crippen LogP contribution is 2.29. The van der Waals surface area contributed by atoms with Gasteiger partial charge in [-0.3, -0.25) is 0 Å². The zero-order chi connectivity index (χ0) is 12.3. The van der Waals surface area contributed by atoms with E-state index in [4.69, 9.17) is 5.73 Å². The number of benzene rings is 1. The van der Waals surface area contributed by atoms with Gasteiger partial charge in [-0.15, -0.1) is 0 Å². The highest BCUT2D eigenvalue weighted by atomic mass is 14.9. The van der Waals surface area contributed by atoms with Gasteiger partial charge in [0, 0.05) is 6.54 Å². The van der Waals surface area contributed by atoms with Gasteiger partial charge in [0.15, 0.2) is 0 Å². The number of anilines is 2. The molecule has 0 amide bonds. The van der Waals surface area contributed by atoms with E-state index in [9.17, 15) is 0 Å². The molecule has 2 heteroatoms. The fourth-order valence-electron chi connectivity index (χ4n) is 2.83. The summed E-state index contributed by atoms with van der Waals surface area (Å²) in [4.78, 5) is 0.